The maximum atomic E-state index is 2.21. The quantitative estimate of drug-likeness (QED) is 0.242. The molecular formula is C28H20. The third kappa shape index (κ3) is 2.90. The van der Waals surface area contributed by atoms with Crippen LogP contribution in [0.2, 0.25) is 0 Å². The van der Waals surface area contributed by atoms with Crippen LogP contribution in [0, 0.1) is 0 Å². The Morgan fingerprint density at radius 1 is 0.214 bits per heavy atom. The number of hydrogen-bond acceptors (Lipinski definition) is 0. The van der Waals surface area contributed by atoms with Gasteiger partial charge in [0, 0.05) is 0 Å². The van der Waals surface area contributed by atoms with Crippen LogP contribution in [0.3, 0.4) is 0 Å². The van der Waals surface area contributed by atoms with Crippen LogP contribution in [0.1, 0.15) is 0 Å². The lowest BCUT2D eigenvalue weighted by atomic mass is 9.95. The highest BCUT2D eigenvalue weighted by atomic mass is 14.1. The Balaban J connectivity index is 0.000000145. The zero-order valence-corrected chi connectivity index (χ0v) is 15.5. The zero-order chi connectivity index (χ0) is 18.8. The molecule has 132 valence electrons. The van der Waals surface area contributed by atoms with Gasteiger partial charge in [-0.1, -0.05) is 121 Å². The van der Waals surface area contributed by atoms with Crippen molar-refractivity contribution in [3.8, 4) is 0 Å². The van der Waals surface area contributed by atoms with E-state index in [9.17, 15) is 0 Å². The Kier molecular flexibility index (Phi) is 4.23. The molecule has 0 spiro atoms. The molecule has 6 aromatic carbocycles. The standard InChI is InChI=1S/C18H12.C10H8/c1-2-8-14-13(7-1)15-9-3-4-11-17(15)18-12-6-5-10-16(14)18;1-2-6-10-8-4-3-7-9(10)5-1/h1-12H;1-8H. The summed E-state index contributed by atoms with van der Waals surface area (Å²) in [5, 5.41) is 10.7. The van der Waals surface area contributed by atoms with Gasteiger partial charge in [0.05, 0.1) is 0 Å². The topological polar surface area (TPSA) is 0 Å². The second-order valence-corrected chi connectivity index (χ2v) is 6.98. The molecule has 0 saturated carbocycles. The van der Waals surface area contributed by atoms with E-state index in [-0.39, 0.29) is 0 Å². The van der Waals surface area contributed by atoms with E-state index in [0.717, 1.165) is 0 Å². The number of fused-ring (bicyclic) bond motifs is 7. The van der Waals surface area contributed by atoms with Crippen molar-refractivity contribution in [3.05, 3.63) is 121 Å². The molecule has 6 aromatic rings. The summed E-state index contributed by atoms with van der Waals surface area (Å²) < 4.78 is 0. The molecule has 0 aliphatic heterocycles. The van der Waals surface area contributed by atoms with Gasteiger partial charge >= 0.3 is 0 Å². The first-order valence-electron chi connectivity index (χ1n) is 9.64. The van der Waals surface area contributed by atoms with Crippen LogP contribution in [-0.4, -0.2) is 0 Å². The van der Waals surface area contributed by atoms with Gasteiger partial charge in [-0.3, -0.25) is 0 Å². The molecule has 0 nitrogen and oxygen atoms in total. The average molecular weight is 356 g/mol. The minimum absolute atomic E-state index is 1.31. The van der Waals surface area contributed by atoms with Crippen molar-refractivity contribution >= 4 is 43.1 Å². The van der Waals surface area contributed by atoms with Crippen LogP contribution < -0.4 is 0 Å². The fourth-order valence-electron chi connectivity index (χ4n) is 3.99. The molecule has 0 N–H and O–H groups in total. The minimum atomic E-state index is 1.31. The highest BCUT2D eigenvalue weighted by Crippen LogP contribution is 2.34. The first-order chi connectivity index (χ1) is 13.9. The van der Waals surface area contributed by atoms with Gasteiger partial charge in [0.1, 0.15) is 0 Å². The van der Waals surface area contributed by atoms with Crippen molar-refractivity contribution in [1.29, 1.82) is 0 Å². The zero-order valence-electron chi connectivity index (χ0n) is 15.5. The molecular weight excluding hydrogens is 336 g/mol. The molecule has 0 fully saturated rings. The SMILES string of the molecule is c1ccc2c(c1)c1ccccc1c1ccccc21.c1ccc2ccccc2c1. The van der Waals surface area contributed by atoms with Crippen LogP contribution in [0.15, 0.2) is 121 Å². The normalized spacial score (nSPS) is 10.9. The number of hydrogen-bond donors (Lipinski definition) is 0. The number of rotatable bonds is 0. The minimum Gasteiger partial charge on any atom is -0.0616 e. The predicted octanol–water partition coefficient (Wildman–Crippen LogP) is 7.99. The van der Waals surface area contributed by atoms with Crippen molar-refractivity contribution in [2.45, 2.75) is 0 Å². The molecule has 0 atom stereocenters. The van der Waals surface area contributed by atoms with E-state index in [2.05, 4.69) is 121 Å². The number of benzene rings is 6. The van der Waals surface area contributed by atoms with Crippen molar-refractivity contribution < 1.29 is 0 Å². The summed E-state index contributed by atoms with van der Waals surface area (Å²) in [6.45, 7) is 0. The second-order valence-electron chi connectivity index (χ2n) is 6.98. The Bertz CT molecular complexity index is 1120. The Labute approximate surface area is 164 Å². The molecule has 0 heterocycles. The van der Waals surface area contributed by atoms with E-state index < -0.39 is 0 Å². The average Bonchev–Trinajstić information content (AvgIpc) is 2.80. The van der Waals surface area contributed by atoms with Gasteiger partial charge in [0.2, 0.25) is 0 Å². The summed E-state index contributed by atoms with van der Waals surface area (Å²) >= 11 is 0. The molecule has 0 radical (unpaired) electrons. The lowest BCUT2D eigenvalue weighted by Gasteiger charge is -2.09. The summed E-state index contributed by atoms with van der Waals surface area (Å²) in [7, 11) is 0. The molecule has 0 aliphatic rings. The van der Waals surface area contributed by atoms with Crippen molar-refractivity contribution in [2.75, 3.05) is 0 Å². The summed E-state index contributed by atoms with van der Waals surface area (Å²) in [6.07, 6.45) is 0. The summed E-state index contributed by atoms with van der Waals surface area (Å²) in [4.78, 5) is 0. The largest absolute Gasteiger partial charge is 0.0616 e. The van der Waals surface area contributed by atoms with Crippen LogP contribution in [0.4, 0.5) is 0 Å². The maximum Gasteiger partial charge on any atom is -0.00990 e. The van der Waals surface area contributed by atoms with Gasteiger partial charge in [-0.05, 0) is 43.1 Å². The molecule has 0 amide bonds. The van der Waals surface area contributed by atoms with Gasteiger partial charge in [0.25, 0.3) is 0 Å². The molecule has 0 unspecified atom stereocenters. The van der Waals surface area contributed by atoms with E-state index in [1.54, 1.807) is 0 Å². The van der Waals surface area contributed by atoms with Gasteiger partial charge in [0.15, 0.2) is 0 Å². The van der Waals surface area contributed by atoms with Gasteiger partial charge in [-0.25, -0.2) is 0 Å². The van der Waals surface area contributed by atoms with E-state index in [0.29, 0.717) is 0 Å². The molecule has 0 saturated heterocycles. The Morgan fingerprint density at radius 2 is 0.393 bits per heavy atom. The molecule has 0 bridgehead atoms. The van der Waals surface area contributed by atoms with Gasteiger partial charge < -0.3 is 0 Å². The van der Waals surface area contributed by atoms with Crippen molar-refractivity contribution in [1.82, 2.24) is 0 Å². The lowest BCUT2D eigenvalue weighted by molar-refractivity contribution is 1.75. The molecule has 0 aliphatic carbocycles. The highest BCUT2D eigenvalue weighted by molar-refractivity contribution is 6.25. The third-order valence-electron chi connectivity index (χ3n) is 5.31. The fraction of sp³-hybridized carbons (Fsp3) is 0. The predicted molar refractivity (Wildman–Crippen MR) is 123 cm³/mol. The first kappa shape index (κ1) is 16.5. The smallest absolute Gasteiger partial charge is 0.00990 e. The second kappa shape index (κ2) is 7.17. The van der Waals surface area contributed by atoms with Gasteiger partial charge in [-0.15, -0.1) is 0 Å². The van der Waals surface area contributed by atoms with Crippen LogP contribution >= 0.6 is 0 Å². The van der Waals surface area contributed by atoms with E-state index >= 15 is 0 Å². The van der Waals surface area contributed by atoms with Crippen LogP contribution in [-0.2, 0) is 0 Å². The lowest BCUT2D eigenvalue weighted by Crippen LogP contribution is -1.81. The molecule has 28 heavy (non-hydrogen) atoms. The van der Waals surface area contributed by atoms with E-state index in [1.165, 1.54) is 43.1 Å². The molecule has 0 heteroatoms. The summed E-state index contributed by atoms with van der Waals surface area (Å²) in [5.74, 6) is 0. The third-order valence-corrected chi connectivity index (χ3v) is 5.31. The van der Waals surface area contributed by atoms with Gasteiger partial charge in [-0.2, -0.15) is 0 Å². The van der Waals surface area contributed by atoms with Crippen LogP contribution in [0.5, 0.6) is 0 Å². The van der Waals surface area contributed by atoms with Crippen molar-refractivity contribution in [3.63, 3.8) is 0 Å². The first-order valence-corrected chi connectivity index (χ1v) is 9.64. The monoisotopic (exact) mass is 356 g/mol. The van der Waals surface area contributed by atoms with E-state index in [1.807, 2.05) is 0 Å². The Hall–Kier alpha value is -3.64. The Morgan fingerprint density at radius 3 is 0.607 bits per heavy atom. The summed E-state index contributed by atoms with van der Waals surface area (Å²) in [6, 6.07) is 42.7. The van der Waals surface area contributed by atoms with E-state index in [4.69, 9.17) is 0 Å². The highest BCUT2D eigenvalue weighted by Gasteiger charge is 2.06. The summed E-state index contributed by atoms with van der Waals surface area (Å²) in [5.41, 5.74) is 0. The maximum absolute atomic E-state index is 2.21. The molecule has 6 rings (SSSR count). The molecule has 0 aromatic heterocycles. The van der Waals surface area contributed by atoms with Crippen molar-refractivity contribution in [2.24, 2.45) is 0 Å². The van der Waals surface area contributed by atoms with Crippen LogP contribution in [0.25, 0.3) is 43.1 Å². The fourth-order valence-corrected chi connectivity index (χ4v) is 3.99.